The summed E-state index contributed by atoms with van der Waals surface area (Å²) in [4.78, 5) is 0. The molecule has 3 rings (SSSR count). The molecule has 0 fully saturated rings. The number of anilines is 1. The van der Waals surface area contributed by atoms with Crippen LogP contribution in [0.15, 0.2) is 30.6 Å². The summed E-state index contributed by atoms with van der Waals surface area (Å²) >= 11 is 1.48. The lowest BCUT2D eigenvalue weighted by molar-refractivity contribution is 0.475. The first-order chi connectivity index (χ1) is 10.6. The molecule has 8 heteroatoms. The van der Waals surface area contributed by atoms with E-state index in [1.165, 1.54) is 11.3 Å². The van der Waals surface area contributed by atoms with Crippen molar-refractivity contribution in [2.75, 3.05) is 11.9 Å². The molecule has 0 saturated carbocycles. The summed E-state index contributed by atoms with van der Waals surface area (Å²) in [5.74, 6) is 1.38. The van der Waals surface area contributed by atoms with Gasteiger partial charge in [0, 0.05) is 25.1 Å². The molecular formula is C14H16N6OS. The van der Waals surface area contributed by atoms with E-state index < -0.39 is 0 Å². The fraction of sp³-hybridized carbons (Fsp3) is 0.286. The first-order valence-electron chi connectivity index (χ1n) is 6.84. The lowest BCUT2D eigenvalue weighted by atomic mass is 10.1. The molecule has 22 heavy (non-hydrogen) atoms. The van der Waals surface area contributed by atoms with Gasteiger partial charge < -0.3 is 15.0 Å². The molecule has 7 nitrogen and oxygen atoms in total. The average molecular weight is 316 g/mol. The topological polar surface area (TPSA) is 88.8 Å². The highest BCUT2D eigenvalue weighted by atomic mass is 32.1. The number of nitrogens with zero attached hydrogens (tertiary/aromatic N) is 5. The van der Waals surface area contributed by atoms with Crippen molar-refractivity contribution in [1.29, 1.82) is 0 Å². The Balaban J connectivity index is 1.65. The molecule has 0 aliphatic rings. The zero-order valence-electron chi connectivity index (χ0n) is 12.3. The number of hydrogen-bond acceptors (Lipinski definition) is 7. The predicted molar refractivity (Wildman–Crippen MR) is 84.9 cm³/mol. The van der Waals surface area contributed by atoms with Crippen molar-refractivity contribution in [3.63, 3.8) is 0 Å². The van der Waals surface area contributed by atoms with E-state index in [9.17, 15) is 5.11 Å². The van der Waals surface area contributed by atoms with Crippen molar-refractivity contribution in [2.24, 2.45) is 7.05 Å². The van der Waals surface area contributed by atoms with Crippen molar-refractivity contribution in [2.45, 2.75) is 12.8 Å². The molecule has 0 bridgehead atoms. The van der Waals surface area contributed by atoms with Gasteiger partial charge in [0.15, 0.2) is 0 Å². The predicted octanol–water partition coefficient (Wildman–Crippen LogP) is 2.25. The largest absolute Gasteiger partial charge is 0.508 e. The Morgan fingerprint density at radius 2 is 2.00 bits per heavy atom. The summed E-state index contributed by atoms with van der Waals surface area (Å²) in [6.45, 7) is 2.79. The maximum atomic E-state index is 9.31. The van der Waals surface area contributed by atoms with Gasteiger partial charge in [-0.3, -0.25) is 0 Å². The van der Waals surface area contributed by atoms with E-state index in [4.69, 9.17) is 0 Å². The first-order valence-corrected chi connectivity index (χ1v) is 7.66. The van der Waals surface area contributed by atoms with Gasteiger partial charge in [0.05, 0.1) is 0 Å². The third-order valence-corrected chi connectivity index (χ3v) is 4.22. The highest BCUT2D eigenvalue weighted by molar-refractivity contribution is 7.18. The Bertz CT molecular complexity index is 751. The molecule has 1 unspecified atom stereocenters. The van der Waals surface area contributed by atoms with Crippen LogP contribution in [-0.2, 0) is 7.05 Å². The van der Waals surface area contributed by atoms with Gasteiger partial charge in [-0.1, -0.05) is 18.3 Å². The van der Waals surface area contributed by atoms with Crippen LogP contribution in [0.5, 0.6) is 5.75 Å². The van der Waals surface area contributed by atoms with E-state index in [-0.39, 0.29) is 11.7 Å². The van der Waals surface area contributed by atoms with Gasteiger partial charge in [0.25, 0.3) is 0 Å². The molecule has 2 N–H and O–H groups in total. The lowest BCUT2D eigenvalue weighted by Gasteiger charge is -2.10. The van der Waals surface area contributed by atoms with E-state index in [2.05, 4.69) is 32.6 Å². The number of aryl methyl sites for hydroxylation is 1. The van der Waals surface area contributed by atoms with E-state index in [1.54, 1.807) is 18.5 Å². The monoisotopic (exact) mass is 316 g/mol. The quantitative estimate of drug-likeness (QED) is 0.750. The lowest BCUT2D eigenvalue weighted by Crippen LogP contribution is -2.13. The number of aromatic hydroxyl groups is 1. The minimum atomic E-state index is 0.216. The Morgan fingerprint density at radius 3 is 2.68 bits per heavy atom. The average Bonchev–Trinajstić information content (AvgIpc) is 3.14. The maximum absolute atomic E-state index is 9.31. The smallest absolute Gasteiger partial charge is 0.206 e. The molecule has 0 amide bonds. The van der Waals surface area contributed by atoms with Crippen LogP contribution in [0.25, 0.3) is 10.6 Å². The molecule has 1 atom stereocenters. The SMILES string of the molecule is CC(CNc1nnc(-c2ccc(O)cc2)s1)c1nncn1C. The number of hydrogen-bond donors (Lipinski definition) is 2. The maximum Gasteiger partial charge on any atom is 0.206 e. The van der Waals surface area contributed by atoms with Crippen molar-refractivity contribution >= 4 is 16.5 Å². The van der Waals surface area contributed by atoms with Crippen LogP contribution >= 0.6 is 11.3 Å². The fourth-order valence-electron chi connectivity index (χ4n) is 2.09. The number of aromatic nitrogens is 5. The Hall–Kier alpha value is -2.48. The molecule has 0 saturated heterocycles. The Kier molecular flexibility index (Phi) is 4.01. The summed E-state index contributed by atoms with van der Waals surface area (Å²) < 4.78 is 1.91. The van der Waals surface area contributed by atoms with Gasteiger partial charge in [-0.2, -0.15) is 0 Å². The zero-order valence-corrected chi connectivity index (χ0v) is 13.1. The molecule has 0 radical (unpaired) electrons. The molecule has 0 aliphatic heterocycles. The van der Waals surface area contributed by atoms with Crippen LogP contribution in [0.3, 0.4) is 0 Å². The highest BCUT2D eigenvalue weighted by Gasteiger charge is 2.13. The second kappa shape index (κ2) is 6.10. The van der Waals surface area contributed by atoms with E-state index in [0.717, 1.165) is 21.5 Å². The molecule has 1 aromatic carbocycles. The molecule has 114 valence electrons. The summed E-state index contributed by atoms with van der Waals surface area (Å²) in [6, 6.07) is 6.92. The summed E-state index contributed by atoms with van der Waals surface area (Å²) in [5, 5.41) is 30.5. The number of rotatable bonds is 5. The zero-order chi connectivity index (χ0) is 15.5. The van der Waals surface area contributed by atoms with Gasteiger partial charge in [0.1, 0.15) is 22.9 Å². The minimum absolute atomic E-state index is 0.216. The van der Waals surface area contributed by atoms with E-state index >= 15 is 0 Å². The summed E-state index contributed by atoms with van der Waals surface area (Å²) in [6.07, 6.45) is 1.69. The van der Waals surface area contributed by atoms with Crippen LogP contribution in [-0.4, -0.2) is 36.6 Å². The summed E-state index contributed by atoms with van der Waals surface area (Å²) in [7, 11) is 1.93. The second-order valence-corrected chi connectivity index (χ2v) is 6.02. The molecule has 2 heterocycles. The molecule has 0 aliphatic carbocycles. The third kappa shape index (κ3) is 3.06. The van der Waals surface area contributed by atoms with Crippen LogP contribution in [0, 0.1) is 0 Å². The molecule has 0 spiro atoms. The summed E-state index contributed by atoms with van der Waals surface area (Å²) in [5.41, 5.74) is 0.935. The van der Waals surface area contributed by atoms with E-state index in [1.807, 2.05) is 23.7 Å². The van der Waals surface area contributed by atoms with Crippen molar-refractivity contribution in [3.05, 3.63) is 36.4 Å². The van der Waals surface area contributed by atoms with Crippen molar-refractivity contribution in [3.8, 4) is 16.3 Å². The van der Waals surface area contributed by atoms with Crippen molar-refractivity contribution in [1.82, 2.24) is 25.0 Å². The Morgan fingerprint density at radius 1 is 1.23 bits per heavy atom. The van der Waals surface area contributed by atoms with E-state index in [0.29, 0.717) is 6.54 Å². The van der Waals surface area contributed by atoms with Crippen LogP contribution in [0.2, 0.25) is 0 Å². The van der Waals surface area contributed by atoms with Gasteiger partial charge in [-0.25, -0.2) is 0 Å². The van der Waals surface area contributed by atoms with Crippen LogP contribution in [0.1, 0.15) is 18.7 Å². The van der Waals surface area contributed by atoms with Gasteiger partial charge >= 0.3 is 0 Å². The van der Waals surface area contributed by atoms with Crippen LogP contribution in [0.4, 0.5) is 5.13 Å². The molecular weight excluding hydrogens is 300 g/mol. The van der Waals surface area contributed by atoms with Crippen molar-refractivity contribution < 1.29 is 5.11 Å². The van der Waals surface area contributed by atoms with Gasteiger partial charge in [0.2, 0.25) is 5.13 Å². The fourth-order valence-corrected chi connectivity index (χ4v) is 2.84. The first kappa shape index (κ1) is 14.5. The molecule has 3 aromatic rings. The van der Waals surface area contributed by atoms with Gasteiger partial charge in [-0.15, -0.1) is 20.4 Å². The Labute approximate surface area is 131 Å². The highest BCUT2D eigenvalue weighted by Crippen LogP contribution is 2.27. The van der Waals surface area contributed by atoms with Gasteiger partial charge in [-0.05, 0) is 24.3 Å². The van der Waals surface area contributed by atoms with Crippen LogP contribution < -0.4 is 5.32 Å². The number of nitrogens with one attached hydrogen (secondary N) is 1. The standard InChI is InChI=1S/C14H16N6OS/c1-9(12-17-16-8-20(12)2)7-15-14-19-18-13(22-14)10-3-5-11(21)6-4-10/h3-6,8-9,21H,7H2,1-2H3,(H,15,19). The normalized spacial score (nSPS) is 12.3. The number of phenolic OH excluding ortho intramolecular Hbond substituents is 1. The third-order valence-electron chi connectivity index (χ3n) is 3.29. The number of benzene rings is 1. The number of phenols is 1. The molecule has 2 aromatic heterocycles. The second-order valence-electron chi connectivity index (χ2n) is 5.04. The minimum Gasteiger partial charge on any atom is -0.508 e.